The number of pyridine rings is 1. The van der Waals surface area contributed by atoms with Crippen molar-refractivity contribution in [1.82, 2.24) is 24.5 Å². The van der Waals surface area contributed by atoms with Crippen molar-refractivity contribution in [3.63, 3.8) is 0 Å². The number of imidazole rings is 1. The number of carbonyl (C=O) groups excluding carboxylic acids is 2. The van der Waals surface area contributed by atoms with Gasteiger partial charge < -0.3 is 19.9 Å². The molecule has 0 radical (unpaired) electrons. The fourth-order valence-corrected chi connectivity index (χ4v) is 3.56. The molecule has 162 valence electrons. The van der Waals surface area contributed by atoms with E-state index >= 15 is 0 Å². The molecule has 1 aromatic carbocycles. The molecule has 0 unspecified atom stereocenters. The van der Waals surface area contributed by atoms with Gasteiger partial charge in [-0.1, -0.05) is 6.07 Å². The molecule has 0 atom stereocenters. The summed E-state index contributed by atoms with van der Waals surface area (Å²) in [6.45, 7) is 3.12. The summed E-state index contributed by atoms with van der Waals surface area (Å²) in [7, 11) is 0. The molecule has 4 rings (SSSR count). The summed E-state index contributed by atoms with van der Waals surface area (Å²) >= 11 is 0. The van der Waals surface area contributed by atoms with E-state index < -0.39 is 0 Å². The minimum absolute atomic E-state index is 0.0980. The molecule has 9 heteroatoms. The summed E-state index contributed by atoms with van der Waals surface area (Å²) in [6.07, 6.45) is 4.58. The number of piperazine rings is 1. The Morgan fingerprint density at radius 1 is 1.03 bits per heavy atom. The average molecular weight is 424 g/mol. The van der Waals surface area contributed by atoms with Crippen LogP contribution in [0.15, 0.2) is 54.9 Å². The van der Waals surface area contributed by atoms with Crippen LogP contribution in [-0.4, -0.2) is 70.4 Å². The number of nitrogens with one attached hydrogen (secondary N) is 2. The van der Waals surface area contributed by atoms with E-state index in [-0.39, 0.29) is 24.3 Å². The first-order valence-electron chi connectivity index (χ1n) is 10.3. The summed E-state index contributed by atoms with van der Waals surface area (Å²) in [6, 6.07) is 11.4. The van der Waals surface area contributed by atoms with Crippen LogP contribution in [0.1, 0.15) is 5.69 Å². The Balaban J connectivity index is 1.16. The second-order valence-corrected chi connectivity index (χ2v) is 7.50. The van der Waals surface area contributed by atoms with E-state index in [2.05, 4.69) is 15.6 Å². The standard InChI is InChI=1S/C22H25FN6O2/c23-17-4-6-18(7-5-17)26-21(30)16-27-11-13-28(14-12-27)22(31)24-9-8-19-15-29-10-2-1-3-20(29)25-19/h1-7,10,15H,8-9,11-14,16H2,(H,24,31)(H,26,30). The smallest absolute Gasteiger partial charge is 0.317 e. The van der Waals surface area contributed by atoms with E-state index in [9.17, 15) is 14.0 Å². The third-order valence-corrected chi connectivity index (χ3v) is 5.23. The van der Waals surface area contributed by atoms with Gasteiger partial charge >= 0.3 is 6.03 Å². The number of urea groups is 1. The Morgan fingerprint density at radius 3 is 2.55 bits per heavy atom. The van der Waals surface area contributed by atoms with Gasteiger partial charge in [0.1, 0.15) is 11.5 Å². The minimum atomic E-state index is -0.342. The summed E-state index contributed by atoms with van der Waals surface area (Å²) in [5.41, 5.74) is 2.39. The van der Waals surface area contributed by atoms with Crippen molar-refractivity contribution >= 4 is 23.3 Å². The number of nitrogens with zero attached hydrogens (tertiary/aromatic N) is 4. The van der Waals surface area contributed by atoms with Crippen LogP contribution in [-0.2, 0) is 11.2 Å². The van der Waals surface area contributed by atoms with Gasteiger partial charge in [0.05, 0.1) is 12.2 Å². The number of rotatable bonds is 6. The van der Waals surface area contributed by atoms with Gasteiger partial charge in [-0.2, -0.15) is 0 Å². The molecule has 1 fully saturated rings. The highest BCUT2D eigenvalue weighted by Crippen LogP contribution is 2.09. The minimum Gasteiger partial charge on any atom is -0.338 e. The van der Waals surface area contributed by atoms with Crippen molar-refractivity contribution in [3.8, 4) is 0 Å². The van der Waals surface area contributed by atoms with E-state index in [0.717, 1.165) is 11.3 Å². The van der Waals surface area contributed by atoms with Gasteiger partial charge in [-0.15, -0.1) is 0 Å². The molecule has 0 bridgehead atoms. The van der Waals surface area contributed by atoms with Crippen LogP contribution in [0.25, 0.3) is 5.65 Å². The predicted molar refractivity (Wildman–Crippen MR) is 115 cm³/mol. The Kier molecular flexibility index (Phi) is 6.42. The molecule has 31 heavy (non-hydrogen) atoms. The van der Waals surface area contributed by atoms with E-state index in [1.54, 1.807) is 4.90 Å². The molecule has 8 nitrogen and oxygen atoms in total. The predicted octanol–water partition coefficient (Wildman–Crippen LogP) is 1.98. The molecule has 0 aliphatic carbocycles. The number of fused-ring (bicyclic) bond motifs is 1. The van der Waals surface area contributed by atoms with Crippen LogP contribution < -0.4 is 10.6 Å². The van der Waals surface area contributed by atoms with Crippen LogP contribution in [0.5, 0.6) is 0 Å². The first-order valence-corrected chi connectivity index (χ1v) is 10.3. The maximum absolute atomic E-state index is 12.9. The molecule has 0 spiro atoms. The second kappa shape index (κ2) is 9.57. The fourth-order valence-electron chi connectivity index (χ4n) is 3.56. The average Bonchev–Trinajstić information content (AvgIpc) is 3.18. The van der Waals surface area contributed by atoms with Crippen LogP contribution in [0.4, 0.5) is 14.9 Å². The zero-order valence-electron chi connectivity index (χ0n) is 17.1. The van der Waals surface area contributed by atoms with E-state index in [4.69, 9.17) is 0 Å². The van der Waals surface area contributed by atoms with Gasteiger partial charge in [-0.25, -0.2) is 14.2 Å². The van der Waals surface area contributed by atoms with Crippen LogP contribution in [0.3, 0.4) is 0 Å². The Hall–Kier alpha value is -3.46. The van der Waals surface area contributed by atoms with Crippen molar-refractivity contribution in [2.75, 3.05) is 44.6 Å². The highest BCUT2D eigenvalue weighted by molar-refractivity contribution is 5.92. The summed E-state index contributed by atoms with van der Waals surface area (Å²) in [5.74, 6) is -0.497. The highest BCUT2D eigenvalue weighted by Gasteiger charge is 2.22. The molecule has 3 heterocycles. The number of carbonyl (C=O) groups is 2. The number of benzene rings is 1. The number of aromatic nitrogens is 2. The van der Waals surface area contributed by atoms with Crippen molar-refractivity contribution < 1.29 is 14.0 Å². The van der Waals surface area contributed by atoms with Crippen LogP contribution in [0.2, 0.25) is 0 Å². The lowest BCUT2D eigenvalue weighted by atomic mass is 10.3. The zero-order valence-corrected chi connectivity index (χ0v) is 17.1. The largest absolute Gasteiger partial charge is 0.338 e. The van der Waals surface area contributed by atoms with Gasteiger partial charge in [-0.3, -0.25) is 9.69 Å². The SMILES string of the molecule is O=C(CN1CCN(C(=O)NCCc2cn3ccccc3n2)CC1)Nc1ccc(F)cc1. The Labute approximate surface area is 179 Å². The third-order valence-electron chi connectivity index (χ3n) is 5.23. The molecule has 2 aromatic heterocycles. The molecule has 1 aliphatic rings. The first-order chi connectivity index (χ1) is 15.1. The van der Waals surface area contributed by atoms with Gasteiger partial charge in [-0.05, 0) is 36.4 Å². The maximum atomic E-state index is 12.9. The van der Waals surface area contributed by atoms with E-state index in [1.807, 2.05) is 39.9 Å². The molecule has 2 N–H and O–H groups in total. The van der Waals surface area contributed by atoms with Gasteiger partial charge in [0, 0.05) is 57.2 Å². The topological polar surface area (TPSA) is 82.0 Å². The second-order valence-electron chi connectivity index (χ2n) is 7.50. The number of halogens is 1. The van der Waals surface area contributed by atoms with Crippen molar-refractivity contribution in [2.45, 2.75) is 6.42 Å². The monoisotopic (exact) mass is 424 g/mol. The maximum Gasteiger partial charge on any atom is 0.317 e. The number of hydrogen-bond donors (Lipinski definition) is 2. The Bertz CT molecular complexity index is 1010. The molecule has 3 amide bonds. The molecule has 3 aromatic rings. The number of amides is 3. The van der Waals surface area contributed by atoms with Crippen molar-refractivity contribution in [1.29, 1.82) is 0 Å². The van der Waals surface area contributed by atoms with Gasteiger partial charge in [0.2, 0.25) is 5.91 Å². The van der Waals surface area contributed by atoms with E-state index in [1.165, 1.54) is 24.3 Å². The van der Waals surface area contributed by atoms with Crippen LogP contribution >= 0.6 is 0 Å². The van der Waals surface area contributed by atoms with Gasteiger partial charge in [0.25, 0.3) is 0 Å². The zero-order chi connectivity index (χ0) is 21.6. The quantitative estimate of drug-likeness (QED) is 0.634. The summed E-state index contributed by atoms with van der Waals surface area (Å²) in [5, 5.41) is 5.70. The van der Waals surface area contributed by atoms with Gasteiger partial charge in [0.15, 0.2) is 0 Å². The first kappa shape index (κ1) is 20.8. The molecular formula is C22H25FN6O2. The van der Waals surface area contributed by atoms with Crippen LogP contribution in [0, 0.1) is 5.82 Å². The van der Waals surface area contributed by atoms with Crippen molar-refractivity contribution in [3.05, 3.63) is 66.4 Å². The molecule has 0 saturated carbocycles. The lowest BCUT2D eigenvalue weighted by molar-refractivity contribution is -0.117. The molecule has 1 aliphatic heterocycles. The van der Waals surface area contributed by atoms with Crippen molar-refractivity contribution in [2.24, 2.45) is 0 Å². The Morgan fingerprint density at radius 2 is 1.81 bits per heavy atom. The summed E-state index contributed by atoms with van der Waals surface area (Å²) < 4.78 is 14.9. The number of anilines is 1. The lowest BCUT2D eigenvalue weighted by Crippen LogP contribution is -2.53. The molecular weight excluding hydrogens is 399 g/mol. The third kappa shape index (κ3) is 5.58. The summed E-state index contributed by atoms with van der Waals surface area (Å²) in [4.78, 5) is 32.9. The number of hydrogen-bond acceptors (Lipinski definition) is 4. The molecule has 1 saturated heterocycles. The highest BCUT2D eigenvalue weighted by atomic mass is 19.1. The fraction of sp³-hybridized carbons (Fsp3) is 0.318. The van der Waals surface area contributed by atoms with E-state index in [0.29, 0.717) is 44.8 Å². The normalized spacial score (nSPS) is 14.5. The lowest BCUT2D eigenvalue weighted by Gasteiger charge is -2.34.